The zero-order chi connectivity index (χ0) is 28.7. The van der Waals surface area contributed by atoms with Crippen LogP contribution in [0.3, 0.4) is 0 Å². The normalized spacial score (nSPS) is 14.7. The van der Waals surface area contributed by atoms with E-state index >= 15 is 0 Å². The molecule has 0 radical (unpaired) electrons. The number of esters is 2. The predicted octanol–water partition coefficient (Wildman–Crippen LogP) is 5.61. The molecule has 8 heteroatoms. The number of fused-ring (bicyclic) bond motifs is 1. The number of hydrogen-bond donors (Lipinski definition) is 0. The molecule has 1 heterocycles. The van der Waals surface area contributed by atoms with E-state index in [2.05, 4.69) is 36.1 Å². The highest BCUT2D eigenvalue weighted by molar-refractivity contribution is 5.95. The first kappa shape index (κ1) is 28.8. The monoisotopic (exact) mass is 544 g/mol. The number of hydrogen-bond acceptors (Lipinski definition) is 8. The summed E-state index contributed by atoms with van der Waals surface area (Å²) >= 11 is 0. The van der Waals surface area contributed by atoms with Gasteiger partial charge in [-0.1, -0.05) is 73.6 Å². The van der Waals surface area contributed by atoms with Gasteiger partial charge in [-0.05, 0) is 58.7 Å². The summed E-state index contributed by atoms with van der Waals surface area (Å²) in [5.74, 6) is -1.55. The number of ether oxygens (including phenoxy) is 3. The SMILES string of the molecule is COC(=O)C(Cc1ccc(OCCN2CCC(C)(C)c3cc(C(N=O)c4ccccc4)ccc32)cc1)C(=O)OC. The van der Waals surface area contributed by atoms with Crippen molar-refractivity contribution in [2.45, 2.75) is 38.1 Å². The Morgan fingerprint density at radius 3 is 2.23 bits per heavy atom. The van der Waals surface area contributed by atoms with Crippen LogP contribution < -0.4 is 9.64 Å². The van der Waals surface area contributed by atoms with E-state index in [1.165, 1.54) is 19.8 Å². The van der Waals surface area contributed by atoms with Gasteiger partial charge in [0, 0.05) is 12.2 Å². The zero-order valence-corrected chi connectivity index (χ0v) is 23.5. The number of methoxy groups -OCH3 is 2. The molecule has 0 saturated heterocycles. The van der Waals surface area contributed by atoms with E-state index in [0.29, 0.717) is 18.9 Å². The van der Waals surface area contributed by atoms with E-state index in [1.54, 1.807) is 0 Å². The largest absolute Gasteiger partial charge is 0.492 e. The van der Waals surface area contributed by atoms with E-state index in [4.69, 9.17) is 14.2 Å². The highest BCUT2D eigenvalue weighted by Crippen LogP contribution is 2.41. The van der Waals surface area contributed by atoms with Gasteiger partial charge in [0.15, 0.2) is 5.92 Å². The van der Waals surface area contributed by atoms with E-state index in [9.17, 15) is 14.5 Å². The Bertz CT molecular complexity index is 1310. The summed E-state index contributed by atoms with van der Waals surface area (Å²) in [6.07, 6.45) is 1.16. The molecule has 0 aromatic heterocycles. The van der Waals surface area contributed by atoms with Gasteiger partial charge in [-0.25, -0.2) is 0 Å². The summed E-state index contributed by atoms with van der Waals surface area (Å²) in [4.78, 5) is 38.1. The molecule has 210 valence electrons. The third-order valence-electron chi connectivity index (χ3n) is 7.60. The van der Waals surface area contributed by atoms with Gasteiger partial charge in [-0.3, -0.25) is 9.59 Å². The number of nitrogens with zero attached hydrogens (tertiary/aromatic N) is 2. The second-order valence-corrected chi connectivity index (χ2v) is 10.6. The Kier molecular flexibility index (Phi) is 9.19. The molecule has 1 aliphatic rings. The minimum absolute atomic E-state index is 0.0328. The van der Waals surface area contributed by atoms with Gasteiger partial charge >= 0.3 is 11.9 Å². The van der Waals surface area contributed by atoms with Crippen molar-refractivity contribution in [1.82, 2.24) is 0 Å². The molecule has 4 rings (SSSR count). The summed E-state index contributed by atoms with van der Waals surface area (Å²) in [6.45, 7) is 6.56. The van der Waals surface area contributed by atoms with Gasteiger partial charge < -0.3 is 19.1 Å². The fraction of sp³-hybridized carbons (Fsp3) is 0.375. The average Bonchev–Trinajstić information content (AvgIpc) is 2.98. The highest BCUT2D eigenvalue weighted by atomic mass is 16.5. The minimum atomic E-state index is -1.00. The topological polar surface area (TPSA) is 94.5 Å². The molecule has 1 atom stereocenters. The smallest absolute Gasteiger partial charge is 0.320 e. The minimum Gasteiger partial charge on any atom is -0.492 e. The third-order valence-corrected chi connectivity index (χ3v) is 7.60. The standard InChI is InChI=1S/C32H36N2O6/c1-32(2)16-17-34(28-15-12-24(21-27(28)32)29(33-37)23-8-6-5-7-9-23)18-19-40-25-13-10-22(11-14-25)20-26(30(35)38-3)31(36)39-4/h5-15,21,26,29H,16-20H2,1-4H3. The number of nitroso groups, excluding NO2 is 1. The fourth-order valence-corrected chi connectivity index (χ4v) is 5.17. The lowest BCUT2D eigenvalue weighted by Crippen LogP contribution is -2.39. The van der Waals surface area contributed by atoms with Crippen LogP contribution in [-0.2, 0) is 30.9 Å². The van der Waals surface area contributed by atoms with Crippen LogP contribution in [0.2, 0.25) is 0 Å². The second-order valence-electron chi connectivity index (χ2n) is 10.6. The van der Waals surface area contributed by atoms with Gasteiger partial charge in [0.25, 0.3) is 0 Å². The molecule has 8 nitrogen and oxygen atoms in total. The molecule has 0 amide bonds. The number of benzene rings is 3. The maximum absolute atomic E-state index is 12.0. The number of carbonyl (C=O) groups excluding carboxylic acids is 2. The summed E-state index contributed by atoms with van der Waals surface area (Å²) in [6, 6.07) is 22.7. The number of carbonyl (C=O) groups is 2. The molecule has 0 aliphatic carbocycles. The summed E-state index contributed by atoms with van der Waals surface area (Å²) in [5, 5.41) is 3.45. The maximum atomic E-state index is 12.0. The van der Waals surface area contributed by atoms with E-state index in [1.807, 2.05) is 60.7 Å². The number of anilines is 1. The Hall–Kier alpha value is -4.20. The maximum Gasteiger partial charge on any atom is 0.320 e. The van der Waals surface area contributed by atoms with Crippen molar-refractivity contribution >= 4 is 17.6 Å². The van der Waals surface area contributed by atoms with Crippen molar-refractivity contribution < 1.29 is 23.8 Å². The zero-order valence-electron chi connectivity index (χ0n) is 23.5. The average molecular weight is 545 g/mol. The van der Waals surface area contributed by atoms with Crippen LogP contribution in [0.15, 0.2) is 78.0 Å². The van der Waals surface area contributed by atoms with Crippen molar-refractivity contribution in [3.63, 3.8) is 0 Å². The van der Waals surface area contributed by atoms with Crippen LogP contribution in [0.1, 0.15) is 48.6 Å². The molecule has 1 aliphatic heterocycles. The first-order chi connectivity index (χ1) is 19.3. The molecule has 3 aromatic rings. The lowest BCUT2D eigenvalue weighted by atomic mass is 9.76. The van der Waals surface area contributed by atoms with Crippen LogP contribution in [0.4, 0.5) is 5.69 Å². The van der Waals surface area contributed by atoms with Gasteiger partial charge in [0.1, 0.15) is 18.4 Å². The van der Waals surface area contributed by atoms with Crippen molar-refractivity contribution in [2.75, 3.05) is 38.8 Å². The molecule has 0 spiro atoms. The molecule has 0 N–H and O–H groups in total. The molecule has 40 heavy (non-hydrogen) atoms. The summed E-state index contributed by atoms with van der Waals surface area (Å²) in [5.41, 5.74) is 4.90. The Morgan fingerprint density at radius 2 is 1.60 bits per heavy atom. The molecular formula is C32H36N2O6. The van der Waals surface area contributed by atoms with Crippen LogP contribution in [0, 0.1) is 10.8 Å². The van der Waals surface area contributed by atoms with Gasteiger partial charge in [0.05, 0.1) is 20.8 Å². The van der Waals surface area contributed by atoms with Crippen LogP contribution in [-0.4, -0.2) is 45.9 Å². The van der Waals surface area contributed by atoms with E-state index in [0.717, 1.165) is 35.3 Å². The Balaban J connectivity index is 1.42. The fourth-order valence-electron chi connectivity index (χ4n) is 5.17. The van der Waals surface area contributed by atoms with Crippen molar-refractivity contribution in [3.05, 3.63) is 100.0 Å². The van der Waals surface area contributed by atoms with Crippen LogP contribution in [0.25, 0.3) is 0 Å². The van der Waals surface area contributed by atoms with Gasteiger partial charge in [-0.2, -0.15) is 0 Å². The quantitative estimate of drug-likeness (QED) is 0.176. The Labute approximate surface area is 235 Å². The van der Waals surface area contributed by atoms with E-state index < -0.39 is 23.9 Å². The van der Waals surface area contributed by atoms with Crippen molar-refractivity contribution in [1.29, 1.82) is 0 Å². The summed E-state index contributed by atoms with van der Waals surface area (Å²) < 4.78 is 15.5. The number of rotatable bonds is 11. The molecule has 0 fully saturated rings. The van der Waals surface area contributed by atoms with Crippen molar-refractivity contribution in [2.24, 2.45) is 11.1 Å². The van der Waals surface area contributed by atoms with Gasteiger partial charge in [-0.15, -0.1) is 4.91 Å². The first-order valence-electron chi connectivity index (χ1n) is 13.4. The lowest BCUT2D eigenvalue weighted by molar-refractivity contribution is -0.158. The molecule has 1 unspecified atom stereocenters. The highest BCUT2D eigenvalue weighted by Gasteiger charge is 2.32. The van der Waals surface area contributed by atoms with Gasteiger partial charge in [0.2, 0.25) is 0 Å². The predicted molar refractivity (Wildman–Crippen MR) is 154 cm³/mol. The van der Waals surface area contributed by atoms with Crippen LogP contribution >= 0.6 is 0 Å². The lowest BCUT2D eigenvalue weighted by Gasteiger charge is -2.40. The van der Waals surface area contributed by atoms with Crippen LogP contribution in [0.5, 0.6) is 5.75 Å². The Morgan fingerprint density at radius 1 is 0.925 bits per heavy atom. The molecular weight excluding hydrogens is 508 g/mol. The molecule has 0 saturated carbocycles. The molecule has 0 bridgehead atoms. The summed E-state index contributed by atoms with van der Waals surface area (Å²) in [7, 11) is 2.50. The third kappa shape index (κ3) is 6.50. The first-order valence-corrected chi connectivity index (χ1v) is 13.4. The van der Waals surface area contributed by atoms with Crippen molar-refractivity contribution in [3.8, 4) is 5.75 Å². The van der Waals surface area contributed by atoms with E-state index in [-0.39, 0.29) is 11.8 Å². The molecule has 3 aromatic carbocycles. The second kappa shape index (κ2) is 12.8.